The van der Waals surface area contributed by atoms with Crippen LogP contribution in [0.1, 0.15) is 25.7 Å². The maximum Gasteiger partial charge on any atom is 0.493 e. The lowest BCUT2D eigenvalue weighted by Crippen LogP contribution is -2.51. The third kappa shape index (κ3) is 4.12. The van der Waals surface area contributed by atoms with Crippen LogP contribution in [0.15, 0.2) is 0 Å². The average Bonchev–Trinajstić information content (AvgIpc) is 2.77. The predicted molar refractivity (Wildman–Crippen MR) is 62.4 cm³/mol. The van der Waals surface area contributed by atoms with E-state index in [0.29, 0.717) is 0 Å². The predicted octanol–water partition coefficient (Wildman–Crippen LogP) is 0.645. The van der Waals surface area contributed by atoms with Crippen molar-refractivity contribution in [1.82, 2.24) is 16.1 Å². The quantitative estimate of drug-likeness (QED) is 0.537. The van der Waals surface area contributed by atoms with Crippen LogP contribution in [0.2, 0.25) is 0 Å². The van der Waals surface area contributed by atoms with Gasteiger partial charge in [-0.05, 0) is 25.7 Å². The van der Waals surface area contributed by atoms with Crippen molar-refractivity contribution < 1.29 is 50.3 Å². The number of carbonyl (C=O) groups is 3. The highest BCUT2D eigenvalue weighted by Gasteiger charge is 2.53. The number of ether oxygens (including phenoxy) is 1. The molecule has 1 amide bonds. The summed E-state index contributed by atoms with van der Waals surface area (Å²) in [6.45, 7) is 0. The lowest BCUT2D eigenvalue weighted by atomic mass is 9.80. The van der Waals surface area contributed by atoms with Crippen molar-refractivity contribution >= 4 is 17.8 Å². The summed E-state index contributed by atoms with van der Waals surface area (Å²) in [6, 6.07) is 0. The molecule has 2 aliphatic rings. The van der Waals surface area contributed by atoms with Gasteiger partial charge in [-0.3, -0.25) is 4.79 Å². The summed E-state index contributed by atoms with van der Waals surface area (Å²) < 4.78 is 77.0. The van der Waals surface area contributed by atoms with Gasteiger partial charge in [-0.15, -0.1) is 5.53 Å². The number of nitrogens with one attached hydrogen (secondary N) is 2. The highest BCUT2D eigenvalue weighted by atomic mass is 19.4. The smallest absolute Gasteiger partial charge is 0.456 e. The van der Waals surface area contributed by atoms with Gasteiger partial charge in [0.25, 0.3) is 5.91 Å². The van der Waals surface area contributed by atoms with E-state index in [2.05, 4.69) is 15.0 Å². The molecule has 1 spiro atoms. The summed E-state index contributed by atoms with van der Waals surface area (Å²) in [7, 11) is 0. The first-order valence-electron chi connectivity index (χ1n) is 6.79. The van der Waals surface area contributed by atoms with Crippen LogP contribution in [-0.2, 0) is 24.0 Å². The molecule has 8 nitrogen and oxygen atoms in total. The maximum atomic E-state index is 12.1. The molecule has 2 rings (SSSR count). The summed E-state index contributed by atoms with van der Waals surface area (Å²) in [6.07, 6.45) is -12.2. The normalized spacial score (nSPS) is 27.5. The van der Waals surface area contributed by atoms with Crippen LogP contribution in [0.4, 0.5) is 26.3 Å². The Balaban J connectivity index is 1.92. The molecule has 0 bridgehead atoms. The third-order valence-corrected chi connectivity index (χ3v) is 3.69. The van der Waals surface area contributed by atoms with Crippen LogP contribution in [0, 0.1) is 0 Å². The molecule has 0 radical (unpaired) electrons. The SMILES string of the molecule is O=C(OC1CCC2(CC1)NNN(OC(=O)C(F)(F)F)C2=O)C(F)(F)F. The topological polar surface area (TPSA) is 97.0 Å². The Morgan fingerprint density at radius 2 is 1.56 bits per heavy atom. The van der Waals surface area contributed by atoms with Crippen LogP contribution in [-0.4, -0.2) is 47.0 Å². The van der Waals surface area contributed by atoms with E-state index in [1.807, 2.05) is 5.53 Å². The first-order valence-corrected chi connectivity index (χ1v) is 6.79. The first kappa shape index (κ1) is 19.2. The Labute approximate surface area is 135 Å². The van der Waals surface area contributed by atoms with Crippen molar-refractivity contribution in [3.63, 3.8) is 0 Å². The van der Waals surface area contributed by atoms with Gasteiger partial charge in [0.15, 0.2) is 0 Å². The average molecular weight is 379 g/mol. The van der Waals surface area contributed by atoms with E-state index < -0.39 is 41.8 Å². The molecule has 1 aliphatic heterocycles. The Bertz CT molecular complexity index is 570. The molecule has 0 aromatic carbocycles. The van der Waals surface area contributed by atoms with Crippen LogP contribution in [0.5, 0.6) is 0 Å². The number of carbonyl (C=O) groups excluding carboxylic acids is 3. The number of hydrogen-bond acceptors (Lipinski definition) is 7. The van der Waals surface area contributed by atoms with E-state index >= 15 is 0 Å². The largest absolute Gasteiger partial charge is 0.493 e. The van der Waals surface area contributed by atoms with E-state index in [1.54, 1.807) is 0 Å². The van der Waals surface area contributed by atoms with Crippen LogP contribution >= 0.6 is 0 Å². The highest BCUT2D eigenvalue weighted by molar-refractivity contribution is 5.88. The minimum absolute atomic E-state index is 0.0299. The number of halogens is 6. The van der Waals surface area contributed by atoms with E-state index in [-0.39, 0.29) is 30.9 Å². The lowest BCUT2D eigenvalue weighted by Gasteiger charge is -2.33. The van der Waals surface area contributed by atoms with Gasteiger partial charge in [-0.1, -0.05) is 5.17 Å². The molecule has 14 heteroatoms. The van der Waals surface area contributed by atoms with Crippen molar-refractivity contribution in [3.8, 4) is 0 Å². The standard InChI is InChI=1S/C11H11F6N3O5/c12-10(13,14)7(22)24-5-1-3-9(4-2-5)6(21)20(19-18-9)25-8(23)11(15,16)17/h5,18-19H,1-4H2. The fourth-order valence-corrected chi connectivity index (χ4v) is 2.41. The molecular formula is C11H11F6N3O5. The van der Waals surface area contributed by atoms with Crippen molar-refractivity contribution in [2.75, 3.05) is 0 Å². The summed E-state index contributed by atoms with van der Waals surface area (Å²) >= 11 is 0. The molecule has 2 N–H and O–H groups in total. The van der Waals surface area contributed by atoms with Gasteiger partial charge in [0.05, 0.1) is 0 Å². The molecular weight excluding hydrogens is 368 g/mol. The van der Waals surface area contributed by atoms with Crippen LogP contribution in [0.25, 0.3) is 0 Å². The van der Waals surface area contributed by atoms with E-state index in [4.69, 9.17) is 0 Å². The zero-order valence-electron chi connectivity index (χ0n) is 12.2. The number of amides is 1. The second-order valence-corrected chi connectivity index (χ2v) is 5.40. The van der Waals surface area contributed by atoms with Gasteiger partial charge in [-0.2, -0.15) is 26.3 Å². The summed E-state index contributed by atoms with van der Waals surface area (Å²) in [5, 5.41) is -0.0299. The molecule has 1 aliphatic carbocycles. The Kier molecular flexibility index (Phi) is 4.87. The second kappa shape index (κ2) is 6.33. The minimum atomic E-state index is -5.32. The molecule has 1 heterocycles. The van der Waals surface area contributed by atoms with Crippen molar-refractivity contribution in [2.45, 2.75) is 49.7 Å². The minimum Gasteiger partial charge on any atom is -0.456 e. The van der Waals surface area contributed by atoms with E-state index in [9.17, 15) is 40.7 Å². The summed E-state index contributed by atoms with van der Waals surface area (Å²) in [4.78, 5) is 37.5. The third-order valence-electron chi connectivity index (χ3n) is 3.69. The molecule has 0 aromatic heterocycles. The van der Waals surface area contributed by atoms with Crippen molar-refractivity contribution in [3.05, 3.63) is 0 Å². The number of alkyl halides is 6. The Morgan fingerprint density at radius 3 is 2.04 bits per heavy atom. The Hall–Kier alpha value is -2.09. The number of hydrogen-bond donors (Lipinski definition) is 2. The van der Waals surface area contributed by atoms with Gasteiger partial charge in [0.2, 0.25) is 0 Å². The number of esters is 1. The molecule has 25 heavy (non-hydrogen) atoms. The van der Waals surface area contributed by atoms with Crippen molar-refractivity contribution in [2.24, 2.45) is 0 Å². The summed E-state index contributed by atoms with van der Waals surface area (Å²) in [5.41, 5.74) is 2.83. The van der Waals surface area contributed by atoms with E-state index in [1.165, 1.54) is 0 Å². The Morgan fingerprint density at radius 1 is 1.04 bits per heavy atom. The van der Waals surface area contributed by atoms with E-state index in [0.717, 1.165) is 0 Å². The maximum absolute atomic E-state index is 12.1. The molecule has 1 saturated carbocycles. The van der Waals surface area contributed by atoms with Crippen molar-refractivity contribution in [1.29, 1.82) is 0 Å². The number of hydroxylamine groups is 1. The first-order chi connectivity index (χ1) is 11.3. The molecule has 1 saturated heterocycles. The molecule has 142 valence electrons. The van der Waals surface area contributed by atoms with Crippen LogP contribution < -0.4 is 11.0 Å². The van der Waals surface area contributed by atoms with Gasteiger partial charge in [0, 0.05) is 0 Å². The highest BCUT2D eigenvalue weighted by Crippen LogP contribution is 2.34. The van der Waals surface area contributed by atoms with Gasteiger partial charge in [0.1, 0.15) is 11.6 Å². The second-order valence-electron chi connectivity index (χ2n) is 5.40. The molecule has 2 fully saturated rings. The monoisotopic (exact) mass is 379 g/mol. The molecule has 0 unspecified atom stereocenters. The zero-order valence-corrected chi connectivity index (χ0v) is 12.2. The number of hydrazine groups is 2. The number of rotatable bonds is 2. The van der Waals surface area contributed by atoms with Gasteiger partial charge < -0.3 is 9.57 Å². The molecule has 0 aromatic rings. The number of nitrogens with zero attached hydrogens (tertiary/aromatic N) is 1. The fourth-order valence-electron chi connectivity index (χ4n) is 2.41. The van der Waals surface area contributed by atoms with Gasteiger partial charge in [-0.25, -0.2) is 15.0 Å². The summed E-state index contributed by atoms with van der Waals surface area (Å²) in [5.74, 6) is -6.04. The molecule has 0 atom stereocenters. The zero-order chi connectivity index (χ0) is 19.0. The van der Waals surface area contributed by atoms with Gasteiger partial charge >= 0.3 is 24.3 Å². The fraction of sp³-hybridized carbons (Fsp3) is 0.727. The van der Waals surface area contributed by atoms with Crippen LogP contribution in [0.3, 0.4) is 0 Å². The lowest BCUT2D eigenvalue weighted by molar-refractivity contribution is -0.243.